The quantitative estimate of drug-likeness (QED) is 0.727. The average molecular weight is 327 g/mol. The van der Waals surface area contributed by atoms with Crippen molar-refractivity contribution in [3.63, 3.8) is 0 Å². The van der Waals surface area contributed by atoms with Crippen LogP contribution in [-0.4, -0.2) is 23.0 Å². The predicted octanol–water partition coefficient (Wildman–Crippen LogP) is 0.989. The van der Waals surface area contributed by atoms with E-state index in [1.165, 1.54) is 0 Å². The van der Waals surface area contributed by atoms with Gasteiger partial charge in [-0.05, 0) is 10.0 Å². The minimum atomic E-state index is -1.34. The van der Waals surface area contributed by atoms with Gasteiger partial charge in [-0.3, -0.25) is 9.59 Å². The minimum Gasteiger partial charge on any atom is -0.378 e. The minimum absolute atomic E-state index is 0.169. The highest BCUT2D eigenvalue weighted by Crippen LogP contribution is 2.14. The second-order valence-corrected chi connectivity index (χ2v) is 5.12. The van der Waals surface area contributed by atoms with Crippen LogP contribution in [0.15, 0.2) is 41.4 Å². The standard InChI is InChI=1S/C13H15BrN2O3/c1-8(14)7-10(12(15)18)16-13(19)11(17)9-5-3-2-4-6-9/h2-6,10-11,17H,1,7H2,(H2,15,18)(H,16,19)/t10-,11+/m1/s1. The Balaban J connectivity index is 2.72. The van der Waals surface area contributed by atoms with Crippen molar-refractivity contribution in [1.29, 1.82) is 0 Å². The largest absolute Gasteiger partial charge is 0.378 e. The van der Waals surface area contributed by atoms with Crippen LogP contribution in [0.1, 0.15) is 18.1 Å². The molecular formula is C13H15BrN2O3. The van der Waals surface area contributed by atoms with Crippen molar-refractivity contribution in [2.45, 2.75) is 18.6 Å². The summed E-state index contributed by atoms with van der Waals surface area (Å²) in [5.41, 5.74) is 5.62. The summed E-state index contributed by atoms with van der Waals surface area (Å²) in [5.74, 6) is -1.36. The van der Waals surface area contributed by atoms with Gasteiger partial charge >= 0.3 is 0 Å². The summed E-state index contributed by atoms with van der Waals surface area (Å²) in [4.78, 5) is 23.0. The zero-order valence-corrected chi connectivity index (χ0v) is 11.8. The lowest BCUT2D eigenvalue weighted by molar-refractivity contribution is -0.133. The molecule has 0 aliphatic heterocycles. The maximum Gasteiger partial charge on any atom is 0.254 e. The number of aliphatic hydroxyl groups excluding tert-OH is 1. The number of rotatable bonds is 6. The van der Waals surface area contributed by atoms with Crippen molar-refractivity contribution in [2.75, 3.05) is 0 Å². The summed E-state index contributed by atoms with van der Waals surface area (Å²) in [6.07, 6.45) is -1.17. The normalized spacial score (nSPS) is 13.4. The smallest absolute Gasteiger partial charge is 0.254 e. The van der Waals surface area contributed by atoms with E-state index in [-0.39, 0.29) is 6.42 Å². The maximum absolute atomic E-state index is 11.8. The molecule has 0 saturated heterocycles. The lowest BCUT2D eigenvalue weighted by Crippen LogP contribution is -2.46. The molecular weight excluding hydrogens is 312 g/mol. The molecule has 0 aliphatic rings. The van der Waals surface area contributed by atoms with Gasteiger partial charge in [0.2, 0.25) is 5.91 Å². The molecule has 102 valence electrons. The number of halogens is 1. The molecule has 19 heavy (non-hydrogen) atoms. The Morgan fingerprint density at radius 2 is 1.95 bits per heavy atom. The number of amides is 2. The van der Waals surface area contributed by atoms with Crippen LogP contribution in [0.25, 0.3) is 0 Å². The van der Waals surface area contributed by atoms with Gasteiger partial charge in [0.1, 0.15) is 6.04 Å². The van der Waals surface area contributed by atoms with Crippen molar-refractivity contribution >= 4 is 27.7 Å². The third-order valence-electron chi connectivity index (χ3n) is 2.45. The average Bonchev–Trinajstić information content (AvgIpc) is 2.37. The maximum atomic E-state index is 11.8. The summed E-state index contributed by atoms with van der Waals surface area (Å²) in [5, 5.41) is 12.2. The third kappa shape index (κ3) is 4.84. The van der Waals surface area contributed by atoms with Gasteiger partial charge in [-0.1, -0.05) is 52.8 Å². The molecule has 0 unspecified atom stereocenters. The van der Waals surface area contributed by atoms with Gasteiger partial charge in [0.15, 0.2) is 6.10 Å². The highest BCUT2D eigenvalue weighted by atomic mass is 79.9. The zero-order valence-electron chi connectivity index (χ0n) is 10.2. The fourth-order valence-electron chi connectivity index (χ4n) is 1.48. The highest BCUT2D eigenvalue weighted by Gasteiger charge is 2.23. The van der Waals surface area contributed by atoms with Crippen molar-refractivity contribution in [3.05, 3.63) is 47.0 Å². The van der Waals surface area contributed by atoms with Crippen molar-refractivity contribution in [1.82, 2.24) is 5.32 Å². The van der Waals surface area contributed by atoms with Crippen LogP contribution in [0.4, 0.5) is 0 Å². The van der Waals surface area contributed by atoms with E-state index in [4.69, 9.17) is 5.73 Å². The number of carbonyl (C=O) groups excluding carboxylic acids is 2. The fraction of sp³-hybridized carbons (Fsp3) is 0.231. The Bertz CT molecular complexity index is 476. The van der Waals surface area contributed by atoms with E-state index >= 15 is 0 Å². The predicted molar refractivity (Wildman–Crippen MR) is 75.2 cm³/mol. The molecule has 0 saturated carbocycles. The molecule has 4 N–H and O–H groups in total. The monoisotopic (exact) mass is 326 g/mol. The third-order valence-corrected chi connectivity index (χ3v) is 2.77. The molecule has 5 nitrogen and oxygen atoms in total. The fourth-order valence-corrected chi connectivity index (χ4v) is 1.81. The number of benzene rings is 1. The SMILES string of the molecule is C=C(Br)C[C@@H](NC(=O)[C@@H](O)c1ccccc1)C(N)=O. The lowest BCUT2D eigenvalue weighted by Gasteiger charge is -2.17. The second kappa shape index (κ2) is 7.06. The van der Waals surface area contributed by atoms with Gasteiger partial charge in [0, 0.05) is 6.42 Å². The summed E-state index contributed by atoms with van der Waals surface area (Å²) in [7, 11) is 0. The molecule has 0 radical (unpaired) electrons. The first-order chi connectivity index (χ1) is 8.91. The Morgan fingerprint density at radius 1 is 1.37 bits per heavy atom. The summed E-state index contributed by atoms with van der Waals surface area (Å²) < 4.78 is 0.533. The first kappa shape index (κ1) is 15.4. The van der Waals surface area contributed by atoms with E-state index in [0.717, 1.165) is 0 Å². The molecule has 0 heterocycles. The Morgan fingerprint density at radius 3 is 2.42 bits per heavy atom. The molecule has 0 aliphatic carbocycles. The second-order valence-electron chi connectivity index (χ2n) is 4.00. The Labute approximate surface area is 119 Å². The number of hydrogen-bond donors (Lipinski definition) is 3. The van der Waals surface area contributed by atoms with Gasteiger partial charge in [-0.25, -0.2) is 0 Å². The van der Waals surface area contributed by atoms with Crippen molar-refractivity contribution in [2.24, 2.45) is 5.73 Å². The van der Waals surface area contributed by atoms with E-state index in [9.17, 15) is 14.7 Å². The molecule has 2 amide bonds. The first-order valence-corrected chi connectivity index (χ1v) is 6.37. The van der Waals surface area contributed by atoms with E-state index in [2.05, 4.69) is 27.8 Å². The Kier molecular flexibility index (Phi) is 5.72. The number of primary amides is 1. The first-order valence-electron chi connectivity index (χ1n) is 5.57. The van der Waals surface area contributed by atoms with Crippen LogP contribution in [0.5, 0.6) is 0 Å². The van der Waals surface area contributed by atoms with Gasteiger partial charge in [-0.2, -0.15) is 0 Å². The molecule has 0 spiro atoms. The number of nitrogens with one attached hydrogen (secondary N) is 1. The van der Waals surface area contributed by atoms with Crippen LogP contribution in [0, 0.1) is 0 Å². The summed E-state index contributed by atoms with van der Waals surface area (Å²) in [6, 6.07) is 7.52. The molecule has 1 aromatic rings. The summed E-state index contributed by atoms with van der Waals surface area (Å²) >= 11 is 3.10. The van der Waals surface area contributed by atoms with Gasteiger partial charge in [-0.15, -0.1) is 0 Å². The topological polar surface area (TPSA) is 92.4 Å². The summed E-state index contributed by atoms with van der Waals surface area (Å²) in [6.45, 7) is 3.58. The number of nitrogens with two attached hydrogens (primary N) is 1. The molecule has 0 fully saturated rings. The molecule has 6 heteroatoms. The van der Waals surface area contributed by atoms with E-state index in [0.29, 0.717) is 10.0 Å². The zero-order chi connectivity index (χ0) is 14.4. The van der Waals surface area contributed by atoms with Gasteiger partial charge in [0.05, 0.1) is 0 Å². The van der Waals surface area contributed by atoms with Crippen LogP contribution < -0.4 is 11.1 Å². The van der Waals surface area contributed by atoms with Gasteiger partial charge in [0.25, 0.3) is 5.91 Å². The lowest BCUT2D eigenvalue weighted by atomic mass is 10.1. The molecule has 0 aromatic heterocycles. The van der Waals surface area contributed by atoms with E-state index in [1.54, 1.807) is 30.3 Å². The number of aliphatic hydroxyl groups is 1. The number of hydrogen-bond acceptors (Lipinski definition) is 3. The van der Waals surface area contributed by atoms with Crippen LogP contribution >= 0.6 is 15.9 Å². The molecule has 1 rings (SSSR count). The van der Waals surface area contributed by atoms with E-state index < -0.39 is 24.0 Å². The van der Waals surface area contributed by atoms with Crippen LogP contribution in [0.2, 0.25) is 0 Å². The van der Waals surface area contributed by atoms with Crippen LogP contribution in [0.3, 0.4) is 0 Å². The molecule has 1 aromatic carbocycles. The molecule has 2 atom stereocenters. The van der Waals surface area contributed by atoms with Crippen LogP contribution in [-0.2, 0) is 9.59 Å². The van der Waals surface area contributed by atoms with Crippen molar-refractivity contribution in [3.8, 4) is 0 Å². The number of carbonyl (C=O) groups is 2. The van der Waals surface area contributed by atoms with Gasteiger partial charge < -0.3 is 16.2 Å². The van der Waals surface area contributed by atoms with Crippen molar-refractivity contribution < 1.29 is 14.7 Å². The van der Waals surface area contributed by atoms with E-state index in [1.807, 2.05) is 0 Å². The molecule has 0 bridgehead atoms. The highest BCUT2D eigenvalue weighted by molar-refractivity contribution is 9.11. The Hall–Kier alpha value is -1.66.